The van der Waals surface area contributed by atoms with E-state index in [0.29, 0.717) is 0 Å². The number of benzene rings is 7. The highest BCUT2D eigenvalue weighted by molar-refractivity contribution is 7.26. The number of nitrogens with zero attached hydrogens (tertiary/aromatic N) is 1. The molecule has 0 radical (unpaired) electrons. The number of rotatable bonds is 2. The monoisotopic (exact) mass is 621 g/mol. The van der Waals surface area contributed by atoms with Crippen molar-refractivity contribution in [2.75, 3.05) is 0 Å². The van der Waals surface area contributed by atoms with Gasteiger partial charge < -0.3 is 8.98 Å². The molecular formula is C42H23NOS2. The van der Waals surface area contributed by atoms with Crippen LogP contribution in [0, 0.1) is 0 Å². The van der Waals surface area contributed by atoms with Crippen molar-refractivity contribution in [2.24, 2.45) is 0 Å². The summed E-state index contributed by atoms with van der Waals surface area (Å²) >= 11 is 3.73. The van der Waals surface area contributed by atoms with Gasteiger partial charge in [0.2, 0.25) is 0 Å². The van der Waals surface area contributed by atoms with Crippen LogP contribution in [-0.4, -0.2) is 4.57 Å². The molecule has 0 N–H and O–H groups in total. The molecule has 0 atom stereocenters. The van der Waals surface area contributed by atoms with E-state index < -0.39 is 0 Å². The average Bonchev–Trinajstić information content (AvgIpc) is 3.86. The van der Waals surface area contributed by atoms with Crippen molar-refractivity contribution in [3.05, 3.63) is 140 Å². The first-order valence-corrected chi connectivity index (χ1v) is 17.2. The zero-order chi connectivity index (χ0) is 29.9. The summed E-state index contributed by atoms with van der Waals surface area (Å²) in [7, 11) is 0. The predicted molar refractivity (Wildman–Crippen MR) is 199 cm³/mol. The van der Waals surface area contributed by atoms with Crippen LogP contribution < -0.4 is 0 Å². The summed E-state index contributed by atoms with van der Waals surface area (Å²) in [4.78, 5) is 0. The van der Waals surface area contributed by atoms with Crippen LogP contribution in [0.15, 0.2) is 144 Å². The molecule has 0 aliphatic heterocycles. The summed E-state index contributed by atoms with van der Waals surface area (Å²) < 4.78 is 14.6. The maximum atomic E-state index is 6.86. The minimum absolute atomic E-state index is 0.900. The molecule has 4 heteroatoms. The lowest BCUT2D eigenvalue weighted by molar-refractivity contribution is 0.670. The Morgan fingerprint density at radius 2 is 1.13 bits per heavy atom. The Hall–Kier alpha value is -5.42. The van der Waals surface area contributed by atoms with E-state index in [9.17, 15) is 0 Å². The van der Waals surface area contributed by atoms with Gasteiger partial charge in [-0.25, -0.2) is 0 Å². The first-order chi connectivity index (χ1) is 22.8. The van der Waals surface area contributed by atoms with E-state index in [0.717, 1.165) is 33.2 Å². The molecule has 0 spiro atoms. The largest absolute Gasteiger partial charge is 0.455 e. The van der Waals surface area contributed by atoms with Crippen molar-refractivity contribution in [3.63, 3.8) is 0 Å². The van der Waals surface area contributed by atoms with Crippen LogP contribution in [0.25, 0.3) is 101 Å². The van der Waals surface area contributed by atoms with Gasteiger partial charge in [0, 0.05) is 67.6 Å². The zero-order valence-corrected chi connectivity index (χ0v) is 26.1. The molecule has 0 unspecified atom stereocenters. The molecule has 4 heterocycles. The summed E-state index contributed by atoms with van der Waals surface area (Å²) in [6, 6.07) is 50.7. The normalized spacial score (nSPS) is 12.3. The van der Waals surface area contributed by atoms with E-state index in [4.69, 9.17) is 4.42 Å². The minimum atomic E-state index is 0.900. The number of aromatic nitrogens is 1. The van der Waals surface area contributed by atoms with Crippen molar-refractivity contribution in [1.29, 1.82) is 0 Å². The van der Waals surface area contributed by atoms with Gasteiger partial charge in [-0.3, -0.25) is 0 Å². The molecule has 7 aromatic carbocycles. The average molecular weight is 622 g/mol. The number of furan rings is 1. The highest BCUT2D eigenvalue weighted by Crippen LogP contribution is 2.47. The summed E-state index contributed by atoms with van der Waals surface area (Å²) in [5.74, 6) is 0. The molecule has 0 amide bonds. The van der Waals surface area contributed by atoms with E-state index in [1.54, 1.807) is 0 Å². The van der Waals surface area contributed by atoms with Gasteiger partial charge in [-0.15, -0.1) is 22.7 Å². The molecule has 4 aromatic heterocycles. The number of hydrogen-bond acceptors (Lipinski definition) is 3. The van der Waals surface area contributed by atoms with Gasteiger partial charge in [0.15, 0.2) is 0 Å². The lowest BCUT2D eigenvalue weighted by Gasteiger charge is -2.11. The molecule has 2 nitrogen and oxygen atoms in total. The quantitative estimate of drug-likeness (QED) is 0.188. The topological polar surface area (TPSA) is 18.1 Å². The smallest absolute Gasteiger partial charge is 0.143 e. The Balaban J connectivity index is 1.27. The molecule has 0 saturated carbocycles. The first kappa shape index (κ1) is 24.8. The van der Waals surface area contributed by atoms with Gasteiger partial charge in [0.1, 0.15) is 11.2 Å². The summed E-state index contributed by atoms with van der Waals surface area (Å²) in [6.45, 7) is 0. The molecule has 0 aliphatic carbocycles. The van der Waals surface area contributed by atoms with Gasteiger partial charge in [-0.05, 0) is 36.4 Å². The first-order valence-electron chi connectivity index (χ1n) is 15.5. The summed E-state index contributed by atoms with van der Waals surface area (Å²) in [6.07, 6.45) is 0. The van der Waals surface area contributed by atoms with Crippen LogP contribution in [0.1, 0.15) is 0 Å². The van der Waals surface area contributed by atoms with E-state index in [2.05, 4.69) is 144 Å². The maximum absolute atomic E-state index is 6.86. The summed E-state index contributed by atoms with van der Waals surface area (Å²) in [5, 5.41) is 10.0. The molecule has 11 aromatic rings. The molecule has 11 rings (SSSR count). The fourth-order valence-corrected chi connectivity index (χ4v) is 10.0. The molecule has 46 heavy (non-hydrogen) atoms. The molecule has 0 bridgehead atoms. The third kappa shape index (κ3) is 3.20. The lowest BCUT2D eigenvalue weighted by atomic mass is 10.00. The van der Waals surface area contributed by atoms with Crippen LogP contribution in [0.5, 0.6) is 0 Å². The number of para-hydroxylation sites is 2. The van der Waals surface area contributed by atoms with E-state index in [-0.39, 0.29) is 0 Å². The van der Waals surface area contributed by atoms with Crippen molar-refractivity contribution in [1.82, 2.24) is 4.57 Å². The zero-order valence-electron chi connectivity index (χ0n) is 24.5. The van der Waals surface area contributed by atoms with Crippen LogP contribution in [-0.2, 0) is 0 Å². The number of thiophene rings is 2. The third-order valence-corrected chi connectivity index (χ3v) is 12.0. The Kier molecular flexibility index (Phi) is 4.90. The highest BCUT2D eigenvalue weighted by atomic mass is 32.1. The molecule has 0 saturated heterocycles. The van der Waals surface area contributed by atoms with E-state index in [1.807, 2.05) is 22.7 Å². The standard InChI is InChI=1S/C42H23NOS2/c1-4-17-32-24(10-1)26-22-23-37-39(30-12-3-6-21-36(30)45-37)40(26)43(32)33-18-9-19-34-38(33)31-16-7-13-27(41(31)44-34)29-15-8-14-28-25-11-2-5-20-35(25)46-42(28)29/h1-23H. The van der Waals surface area contributed by atoms with Crippen LogP contribution >= 0.6 is 22.7 Å². The van der Waals surface area contributed by atoms with Crippen molar-refractivity contribution >= 4 is 107 Å². The SMILES string of the molecule is c1cc(-n2c3ccccc3c3ccc4sc5ccccc5c4c32)c2c(c1)oc1c(-c3cccc4c3sc3ccccc34)cccc12. The second-order valence-electron chi connectivity index (χ2n) is 12.0. The van der Waals surface area contributed by atoms with Crippen molar-refractivity contribution in [2.45, 2.75) is 0 Å². The van der Waals surface area contributed by atoms with Crippen molar-refractivity contribution < 1.29 is 4.42 Å². The van der Waals surface area contributed by atoms with Gasteiger partial charge in [-0.2, -0.15) is 0 Å². The second kappa shape index (κ2) is 9.07. The molecule has 0 aliphatic rings. The van der Waals surface area contributed by atoms with Crippen LogP contribution in [0.2, 0.25) is 0 Å². The van der Waals surface area contributed by atoms with Gasteiger partial charge in [0.05, 0.1) is 22.1 Å². The minimum Gasteiger partial charge on any atom is -0.455 e. The number of hydrogen-bond donors (Lipinski definition) is 0. The Morgan fingerprint density at radius 1 is 0.435 bits per heavy atom. The Labute approximate surface area is 270 Å². The van der Waals surface area contributed by atoms with Crippen LogP contribution in [0.3, 0.4) is 0 Å². The highest BCUT2D eigenvalue weighted by Gasteiger charge is 2.22. The van der Waals surface area contributed by atoms with Crippen LogP contribution in [0.4, 0.5) is 0 Å². The van der Waals surface area contributed by atoms with Crippen molar-refractivity contribution in [3.8, 4) is 16.8 Å². The molecule has 214 valence electrons. The van der Waals surface area contributed by atoms with E-state index >= 15 is 0 Å². The molecular weight excluding hydrogens is 599 g/mol. The van der Waals surface area contributed by atoms with Gasteiger partial charge in [-0.1, -0.05) is 103 Å². The Morgan fingerprint density at radius 3 is 2.02 bits per heavy atom. The summed E-state index contributed by atoms with van der Waals surface area (Å²) in [5.41, 5.74) is 7.77. The maximum Gasteiger partial charge on any atom is 0.143 e. The predicted octanol–water partition coefficient (Wildman–Crippen LogP) is 13.1. The lowest BCUT2D eigenvalue weighted by Crippen LogP contribution is -1.95. The Bertz CT molecular complexity index is 3040. The van der Waals surface area contributed by atoms with E-state index in [1.165, 1.54) is 67.7 Å². The van der Waals surface area contributed by atoms with Gasteiger partial charge in [0.25, 0.3) is 0 Å². The number of fused-ring (bicyclic) bond motifs is 13. The van der Waals surface area contributed by atoms with Gasteiger partial charge >= 0.3 is 0 Å². The second-order valence-corrected chi connectivity index (χ2v) is 14.1. The third-order valence-electron chi connectivity index (χ3n) is 9.61. The fraction of sp³-hybridized carbons (Fsp3) is 0. The molecule has 0 fully saturated rings. The fourth-order valence-electron chi connectivity index (χ4n) is 7.70.